The number of Topliss-reactive ketones (excluding diaryl/α,β-unsaturated/α-hetero) is 4. The minimum absolute atomic E-state index is 0.0478. The summed E-state index contributed by atoms with van der Waals surface area (Å²) in [6.07, 6.45) is 4.10. The maximum atomic E-state index is 13.6. The van der Waals surface area contributed by atoms with Crippen LogP contribution in [-0.4, -0.2) is 23.1 Å². The zero-order chi connectivity index (χ0) is 23.8. The Bertz CT molecular complexity index is 847. The van der Waals surface area contributed by atoms with Crippen molar-refractivity contribution in [2.75, 3.05) is 0 Å². The van der Waals surface area contributed by atoms with Crippen molar-refractivity contribution in [3.8, 4) is 0 Å². The first-order chi connectivity index (χ1) is 14.0. The molecule has 0 aromatic rings. The van der Waals surface area contributed by atoms with Gasteiger partial charge in [-0.25, -0.2) is 0 Å². The molecule has 3 aliphatic rings. The van der Waals surface area contributed by atoms with Crippen LogP contribution >= 0.6 is 0 Å². The summed E-state index contributed by atoms with van der Waals surface area (Å²) in [6.45, 7) is 18.9. The first-order valence-corrected chi connectivity index (χ1v) is 11.8. The first kappa shape index (κ1) is 24.1. The van der Waals surface area contributed by atoms with Gasteiger partial charge in [-0.15, -0.1) is 0 Å². The van der Waals surface area contributed by atoms with Gasteiger partial charge in [0, 0.05) is 51.8 Å². The van der Waals surface area contributed by atoms with Gasteiger partial charge < -0.3 is 0 Å². The van der Waals surface area contributed by atoms with E-state index in [1.807, 2.05) is 75.3 Å². The van der Waals surface area contributed by atoms with Crippen LogP contribution in [0.15, 0.2) is 12.2 Å². The summed E-state index contributed by atoms with van der Waals surface area (Å²) in [5, 5.41) is 0. The summed E-state index contributed by atoms with van der Waals surface area (Å²) in [7, 11) is 0. The lowest BCUT2D eigenvalue weighted by molar-refractivity contribution is -0.174. The topological polar surface area (TPSA) is 68.3 Å². The molecule has 31 heavy (non-hydrogen) atoms. The van der Waals surface area contributed by atoms with Crippen LogP contribution in [0.4, 0.5) is 0 Å². The largest absolute Gasteiger partial charge is 0.299 e. The molecule has 2 fully saturated rings. The molecule has 0 saturated heterocycles. The molecule has 0 aromatic carbocycles. The van der Waals surface area contributed by atoms with Crippen molar-refractivity contribution >= 4 is 23.1 Å². The summed E-state index contributed by atoms with van der Waals surface area (Å²) >= 11 is 0. The average Bonchev–Trinajstić information content (AvgIpc) is 2.73. The van der Waals surface area contributed by atoms with Gasteiger partial charge in [-0.2, -0.15) is 0 Å². The molecule has 0 aromatic heterocycles. The average molecular weight is 429 g/mol. The molecular formula is C27H40O4. The molecule has 4 nitrogen and oxygen atoms in total. The monoisotopic (exact) mass is 428 g/mol. The fourth-order valence-electron chi connectivity index (χ4n) is 6.57. The summed E-state index contributed by atoms with van der Waals surface area (Å²) in [5.41, 5.74) is -1.72. The Morgan fingerprint density at radius 2 is 1.16 bits per heavy atom. The smallest absolute Gasteiger partial charge is 0.142 e. The van der Waals surface area contributed by atoms with E-state index >= 15 is 0 Å². The maximum absolute atomic E-state index is 13.6. The highest BCUT2D eigenvalue weighted by Gasteiger charge is 2.79. The Hall–Kier alpha value is -1.58. The molecule has 0 heterocycles. The van der Waals surface area contributed by atoms with Crippen LogP contribution in [0.2, 0.25) is 0 Å². The molecule has 2 saturated carbocycles. The predicted octanol–water partition coefficient (Wildman–Crippen LogP) is 4.95. The fraction of sp³-hybridized carbons (Fsp3) is 0.778. The lowest BCUT2D eigenvalue weighted by atomic mass is 9.38. The minimum atomic E-state index is -0.609. The highest BCUT2D eigenvalue weighted by Crippen LogP contribution is 2.77. The Morgan fingerprint density at radius 1 is 0.710 bits per heavy atom. The number of ketones is 4. The normalized spacial score (nSPS) is 36.5. The Balaban J connectivity index is 2.20. The molecule has 3 rings (SSSR count). The molecule has 172 valence electrons. The third-order valence-corrected chi connectivity index (χ3v) is 8.05. The minimum Gasteiger partial charge on any atom is -0.299 e. The van der Waals surface area contributed by atoms with E-state index in [0.29, 0.717) is 0 Å². The van der Waals surface area contributed by atoms with Gasteiger partial charge in [-0.3, -0.25) is 19.2 Å². The van der Waals surface area contributed by atoms with Crippen molar-refractivity contribution in [2.45, 2.75) is 69.2 Å². The molecule has 0 aliphatic heterocycles. The van der Waals surface area contributed by atoms with Gasteiger partial charge in [-0.1, -0.05) is 81.4 Å². The van der Waals surface area contributed by atoms with Crippen molar-refractivity contribution < 1.29 is 19.2 Å². The van der Waals surface area contributed by atoms with Crippen molar-refractivity contribution in [3.05, 3.63) is 12.2 Å². The van der Waals surface area contributed by atoms with E-state index < -0.39 is 39.9 Å². The van der Waals surface area contributed by atoms with Crippen LogP contribution in [0.25, 0.3) is 0 Å². The molecule has 0 radical (unpaired) electrons. The van der Waals surface area contributed by atoms with Crippen LogP contribution in [0, 0.1) is 63.6 Å². The number of rotatable bonds is 6. The van der Waals surface area contributed by atoms with Gasteiger partial charge in [0.15, 0.2) is 0 Å². The molecule has 3 aliphatic carbocycles. The molecule has 0 amide bonds. The van der Waals surface area contributed by atoms with E-state index in [-0.39, 0.29) is 46.8 Å². The number of carbonyl (C=O) groups is 4. The zero-order valence-electron chi connectivity index (χ0n) is 20.9. The van der Waals surface area contributed by atoms with Crippen molar-refractivity contribution in [1.29, 1.82) is 0 Å². The number of allylic oxidation sites excluding steroid dienone is 2. The van der Waals surface area contributed by atoms with Gasteiger partial charge in [0.1, 0.15) is 23.1 Å². The molecule has 0 N–H and O–H groups in total. The van der Waals surface area contributed by atoms with E-state index in [1.165, 1.54) is 0 Å². The van der Waals surface area contributed by atoms with E-state index in [4.69, 9.17) is 0 Å². The van der Waals surface area contributed by atoms with Crippen LogP contribution in [0.1, 0.15) is 69.2 Å². The lowest BCUT2D eigenvalue weighted by Gasteiger charge is -2.63. The van der Waals surface area contributed by atoms with Crippen molar-refractivity contribution in [1.82, 2.24) is 0 Å². The molecular weight excluding hydrogens is 388 g/mol. The van der Waals surface area contributed by atoms with E-state index in [9.17, 15) is 19.2 Å². The van der Waals surface area contributed by atoms with E-state index in [1.54, 1.807) is 0 Å². The summed E-state index contributed by atoms with van der Waals surface area (Å²) in [6, 6.07) is 0. The summed E-state index contributed by atoms with van der Waals surface area (Å²) in [5.74, 6) is -2.41. The fourth-order valence-corrected chi connectivity index (χ4v) is 6.57. The standard InChI is InChI=1S/C27H40O4/c1-13(2)21(28)17-16(23(30)25(5,6)7)15-11-12-27(15)19(17)18(24(31)26(8,9)10)20(27)22(29)14(3)4/h11-20H,1-10H3. The van der Waals surface area contributed by atoms with Crippen LogP contribution < -0.4 is 0 Å². The third kappa shape index (κ3) is 3.23. The number of carbonyl (C=O) groups excluding carboxylic acids is 4. The Morgan fingerprint density at radius 3 is 1.52 bits per heavy atom. The first-order valence-electron chi connectivity index (χ1n) is 11.8. The summed E-state index contributed by atoms with van der Waals surface area (Å²) in [4.78, 5) is 54.2. The number of hydrogen-bond acceptors (Lipinski definition) is 4. The second-order valence-corrected chi connectivity index (χ2v) is 12.8. The van der Waals surface area contributed by atoms with Crippen molar-refractivity contribution in [3.63, 3.8) is 0 Å². The van der Waals surface area contributed by atoms with Gasteiger partial charge in [0.2, 0.25) is 0 Å². The van der Waals surface area contributed by atoms with Crippen LogP contribution in [-0.2, 0) is 19.2 Å². The van der Waals surface area contributed by atoms with E-state index in [0.717, 1.165) is 0 Å². The quantitative estimate of drug-likeness (QED) is 0.562. The molecule has 7 atom stereocenters. The highest BCUT2D eigenvalue weighted by molar-refractivity contribution is 6.01. The molecule has 0 bridgehead atoms. The van der Waals surface area contributed by atoms with Gasteiger partial charge in [0.05, 0.1) is 0 Å². The van der Waals surface area contributed by atoms with Gasteiger partial charge >= 0.3 is 0 Å². The zero-order valence-corrected chi connectivity index (χ0v) is 20.9. The molecule has 7 unspecified atom stereocenters. The summed E-state index contributed by atoms with van der Waals surface area (Å²) < 4.78 is 0. The molecule has 4 heteroatoms. The van der Waals surface area contributed by atoms with Gasteiger partial charge in [-0.05, 0) is 11.8 Å². The Labute approximate surface area is 187 Å². The Kier molecular flexibility index (Phi) is 5.60. The highest BCUT2D eigenvalue weighted by atomic mass is 16.1. The van der Waals surface area contributed by atoms with Crippen LogP contribution in [0.5, 0.6) is 0 Å². The second kappa shape index (κ2) is 7.22. The SMILES string of the molecule is CC(C)C(=O)C1C(C(=O)C(C)(C)C)C2C=CC23C(C(=O)C(C)C)C(C(=O)C(C)(C)C)C13. The number of hydrogen-bond donors (Lipinski definition) is 0. The predicted molar refractivity (Wildman–Crippen MR) is 121 cm³/mol. The second-order valence-electron chi connectivity index (χ2n) is 12.8. The molecule has 1 spiro atoms. The van der Waals surface area contributed by atoms with Crippen LogP contribution in [0.3, 0.4) is 0 Å². The maximum Gasteiger partial charge on any atom is 0.142 e. The van der Waals surface area contributed by atoms with Crippen molar-refractivity contribution in [2.24, 2.45) is 63.6 Å². The van der Waals surface area contributed by atoms with Gasteiger partial charge in [0.25, 0.3) is 0 Å². The third-order valence-electron chi connectivity index (χ3n) is 8.05. The lowest BCUT2D eigenvalue weighted by Crippen LogP contribution is -2.66. The van der Waals surface area contributed by atoms with E-state index in [2.05, 4.69) is 6.08 Å².